The van der Waals surface area contributed by atoms with Crippen LogP contribution in [-0.4, -0.2) is 52.0 Å². The zero-order valence-corrected chi connectivity index (χ0v) is 18.5. The minimum Gasteiger partial charge on any atom is -0.394 e. The van der Waals surface area contributed by atoms with E-state index in [2.05, 4.69) is 10.3 Å². The topological polar surface area (TPSA) is 109 Å². The number of nitrogens with two attached hydrogens (primary N) is 1. The zero-order chi connectivity index (χ0) is 22.5. The van der Waals surface area contributed by atoms with Gasteiger partial charge in [-0.25, -0.2) is 4.98 Å². The van der Waals surface area contributed by atoms with Crippen molar-refractivity contribution in [3.05, 3.63) is 53.3 Å². The minimum atomic E-state index is -0.631. The molecule has 3 unspecified atom stereocenters. The van der Waals surface area contributed by atoms with Gasteiger partial charge >= 0.3 is 0 Å². The van der Waals surface area contributed by atoms with E-state index in [-0.39, 0.29) is 24.3 Å². The third-order valence-corrected chi connectivity index (χ3v) is 6.03. The summed E-state index contributed by atoms with van der Waals surface area (Å²) >= 11 is 6.16. The van der Waals surface area contributed by atoms with Gasteiger partial charge in [-0.1, -0.05) is 49.7 Å². The Bertz CT molecular complexity index is 919. The number of carbonyl (C=O) groups excluding carboxylic acids is 2. The van der Waals surface area contributed by atoms with Crippen molar-refractivity contribution < 1.29 is 14.7 Å². The molecular formula is C23H29ClN4O3. The molecule has 4 N–H and O–H groups in total. The maximum atomic E-state index is 12.9. The normalized spacial score (nSPS) is 18.1. The Hall–Kier alpha value is -2.48. The van der Waals surface area contributed by atoms with Crippen LogP contribution in [0.5, 0.6) is 0 Å². The van der Waals surface area contributed by atoms with Crippen molar-refractivity contribution in [2.75, 3.05) is 13.2 Å². The van der Waals surface area contributed by atoms with Crippen LogP contribution in [0.1, 0.15) is 38.3 Å². The van der Waals surface area contributed by atoms with Gasteiger partial charge in [0.1, 0.15) is 11.2 Å². The number of aromatic nitrogens is 1. The van der Waals surface area contributed by atoms with Crippen LogP contribution in [-0.2, 0) is 9.59 Å². The number of aliphatic hydroxyl groups excluding tert-OH is 1. The average molecular weight is 445 g/mol. The van der Waals surface area contributed by atoms with Gasteiger partial charge in [-0.3, -0.25) is 9.59 Å². The predicted molar refractivity (Wildman–Crippen MR) is 120 cm³/mol. The first-order valence-electron chi connectivity index (χ1n) is 10.5. The summed E-state index contributed by atoms with van der Waals surface area (Å²) in [5.41, 5.74) is 8.47. The first-order valence-corrected chi connectivity index (χ1v) is 10.9. The third kappa shape index (κ3) is 5.23. The van der Waals surface area contributed by atoms with Gasteiger partial charge < -0.3 is 21.1 Å². The summed E-state index contributed by atoms with van der Waals surface area (Å²) in [6.07, 6.45) is 2.96. The fourth-order valence-corrected chi connectivity index (χ4v) is 4.01. The Kier molecular flexibility index (Phi) is 7.64. The van der Waals surface area contributed by atoms with Gasteiger partial charge in [0.25, 0.3) is 0 Å². The summed E-state index contributed by atoms with van der Waals surface area (Å²) in [6, 6.07) is 9.34. The minimum absolute atomic E-state index is 0.00571. The lowest BCUT2D eigenvalue weighted by molar-refractivity contribution is -0.140. The monoisotopic (exact) mass is 444 g/mol. The van der Waals surface area contributed by atoms with Crippen LogP contribution in [0.4, 0.5) is 0 Å². The number of benzene rings is 1. The fourth-order valence-electron chi connectivity index (χ4n) is 3.78. The van der Waals surface area contributed by atoms with Gasteiger partial charge in [0, 0.05) is 18.3 Å². The number of halogens is 1. The molecule has 7 nitrogen and oxygen atoms in total. The number of hydrogen-bond acceptors (Lipinski definition) is 5. The zero-order valence-electron chi connectivity index (χ0n) is 17.8. The second kappa shape index (κ2) is 10.2. The first-order chi connectivity index (χ1) is 14.8. The molecule has 0 bridgehead atoms. The smallest absolute Gasteiger partial charge is 0.243 e. The van der Waals surface area contributed by atoms with E-state index in [1.807, 2.05) is 50.2 Å². The Morgan fingerprint density at radius 2 is 2.00 bits per heavy atom. The van der Waals surface area contributed by atoms with Gasteiger partial charge in [-0.05, 0) is 42.0 Å². The van der Waals surface area contributed by atoms with E-state index in [1.165, 1.54) is 0 Å². The second-order valence-corrected chi connectivity index (χ2v) is 8.53. The van der Waals surface area contributed by atoms with Crippen LogP contribution >= 0.6 is 11.6 Å². The van der Waals surface area contributed by atoms with E-state index >= 15 is 0 Å². The van der Waals surface area contributed by atoms with E-state index in [0.29, 0.717) is 18.1 Å². The van der Waals surface area contributed by atoms with Crippen LogP contribution in [0, 0.1) is 5.92 Å². The molecule has 1 fully saturated rings. The molecule has 2 heterocycles. The van der Waals surface area contributed by atoms with Gasteiger partial charge in [0.05, 0.1) is 18.7 Å². The van der Waals surface area contributed by atoms with E-state index in [0.717, 1.165) is 23.1 Å². The number of carbonyl (C=O) groups is 2. The largest absolute Gasteiger partial charge is 0.394 e. The van der Waals surface area contributed by atoms with Gasteiger partial charge in [-0.2, -0.15) is 0 Å². The van der Waals surface area contributed by atoms with Gasteiger partial charge in [-0.15, -0.1) is 0 Å². The van der Waals surface area contributed by atoms with Crippen molar-refractivity contribution in [1.29, 1.82) is 0 Å². The van der Waals surface area contributed by atoms with Crippen molar-refractivity contribution in [3.8, 4) is 11.1 Å². The highest BCUT2D eigenvalue weighted by Gasteiger charge is 2.37. The molecule has 1 saturated heterocycles. The molecule has 8 heteroatoms. The number of hydrogen-bond donors (Lipinski definition) is 3. The van der Waals surface area contributed by atoms with Crippen LogP contribution in [0.2, 0.25) is 5.15 Å². The van der Waals surface area contributed by atoms with Crippen molar-refractivity contribution in [1.82, 2.24) is 15.2 Å². The first kappa shape index (κ1) is 23.2. The lowest BCUT2D eigenvalue weighted by Gasteiger charge is -2.29. The highest BCUT2D eigenvalue weighted by molar-refractivity contribution is 6.32. The SMILES string of the molecule is CC(C)C(N)C(=O)N1CCCC1C(=O)NC(CO)c1ccc(-c2cccnc2Cl)cc1. The molecule has 2 amide bonds. The molecule has 1 aromatic carbocycles. The standard InChI is InChI=1S/C23H29ClN4O3/c1-14(2)20(25)23(31)28-12-4-6-19(28)22(30)27-18(13-29)16-9-7-15(8-10-16)17-5-3-11-26-21(17)24/h3,5,7-11,14,18-20,29H,4,6,12-13,25H2,1-2H3,(H,27,30). The summed E-state index contributed by atoms with van der Waals surface area (Å²) in [5.74, 6) is -0.486. The molecule has 1 aliphatic rings. The quantitative estimate of drug-likeness (QED) is 0.568. The van der Waals surface area contributed by atoms with Crippen LogP contribution in [0.25, 0.3) is 11.1 Å². The van der Waals surface area contributed by atoms with Crippen LogP contribution in [0.15, 0.2) is 42.6 Å². The number of pyridine rings is 1. The number of nitrogens with one attached hydrogen (secondary N) is 1. The maximum absolute atomic E-state index is 12.9. The Morgan fingerprint density at radius 3 is 2.61 bits per heavy atom. The number of nitrogens with zero attached hydrogens (tertiary/aromatic N) is 2. The van der Waals surface area contributed by atoms with Crippen molar-refractivity contribution in [2.45, 2.75) is 44.8 Å². The summed E-state index contributed by atoms with van der Waals surface area (Å²) in [5, 5.41) is 13.2. The Balaban J connectivity index is 1.71. The highest BCUT2D eigenvalue weighted by atomic mass is 35.5. The summed E-state index contributed by atoms with van der Waals surface area (Å²) in [4.78, 5) is 31.3. The van der Waals surface area contributed by atoms with Crippen molar-refractivity contribution in [2.24, 2.45) is 11.7 Å². The number of rotatable bonds is 7. The Labute approximate surface area is 187 Å². The maximum Gasteiger partial charge on any atom is 0.243 e. The summed E-state index contributed by atoms with van der Waals surface area (Å²) in [7, 11) is 0. The van der Waals surface area contributed by atoms with E-state index < -0.39 is 18.1 Å². The lowest BCUT2D eigenvalue weighted by atomic mass is 10.0. The molecule has 2 aromatic rings. The number of likely N-dealkylation sites (tertiary alicyclic amines) is 1. The molecule has 3 atom stereocenters. The number of amides is 2. The Morgan fingerprint density at radius 1 is 1.29 bits per heavy atom. The van der Waals surface area contributed by atoms with Gasteiger partial charge in [0.2, 0.25) is 11.8 Å². The molecule has 0 spiro atoms. The fraction of sp³-hybridized carbons (Fsp3) is 0.435. The summed E-state index contributed by atoms with van der Waals surface area (Å²) < 4.78 is 0. The second-order valence-electron chi connectivity index (χ2n) is 8.17. The number of aliphatic hydroxyl groups is 1. The molecule has 166 valence electrons. The van der Waals surface area contributed by atoms with Crippen molar-refractivity contribution in [3.63, 3.8) is 0 Å². The predicted octanol–water partition coefficient (Wildman–Crippen LogP) is 2.53. The van der Waals surface area contributed by atoms with Crippen LogP contribution in [0.3, 0.4) is 0 Å². The highest BCUT2D eigenvalue weighted by Crippen LogP contribution is 2.27. The lowest BCUT2D eigenvalue weighted by Crippen LogP contribution is -2.53. The van der Waals surface area contributed by atoms with E-state index in [4.69, 9.17) is 17.3 Å². The summed E-state index contributed by atoms with van der Waals surface area (Å²) in [6.45, 7) is 4.03. The third-order valence-electron chi connectivity index (χ3n) is 5.72. The van der Waals surface area contributed by atoms with Gasteiger partial charge in [0.15, 0.2) is 0 Å². The average Bonchev–Trinajstić information content (AvgIpc) is 3.27. The molecule has 3 rings (SSSR count). The molecule has 0 aliphatic carbocycles. The molecule has 1 aliphatic heterocycles. The van der Waals surface area contributed by atoms with Crippen molar-refractivity contribution >= 4 is 23.4 Å². The molecule has 0 saturated carbocycles. The molecule has 31 heavy (non-hydrogen) atoms. The molecule has 0 radical (unpaired) electrons. The van der Waals surface area contributed by atoms with Crippen LogP contribution < -0.4 is 11.1 Å². The van der Waals surface area contributed by atoms with E-state index in [9.17, 15) is 14.7 Å². The molecular weight excluding hydrogens is 416 g/mol. The molecule has 1 aromatic heterocycles. The van der Waals surface area contributed by atoms with E-state index in [1.54, 1.807) is 11.1 Å².